The molecule has 1 heterocycles. The van der Waals surface area contributed by atoms with E-state index in [0.29, 0.717) is 18.7 Å². The number of nitrogens with zero attached hydrogens (tertiary/aromatic N) is 2. The van der Waals surface area contributed by atoms with Crippen LogP contribution < -0.4 is 16.0 Å². The lowest BCUT2D eigenvalue weighted by atomic mass is 10.1. The Balaban J connectivity index is 0.00000341. The highest BCUT2D eigenvalue weighted by atomic mass is 127. The molecule has 0 bridgehead atoms. The van der Waals surface area contributed by atoms with E-state index in [9.17, 15) is 4.79 Å². The van der Waals surface area contributed by atoms with Gasteiger partial charge in [0, 0.05) is 50.5 Å². The summed E-state index contributed by atoms with van der Waals surface area (Å²) in [7, 11) is 1.77. The van der Waals surface area contributed by atoms with Crippen LogP contribution in [0.4, 0.5) is 0 Å². The minimum Gasteiger partial charge on any atom is -0.356 e. The fourth-order valence-corrected chi connectivity index (χ4v) is 3.36. The topological polar surface area (TPSA) is 70.4 Å². The normalized spacial score (nSPS) is 11.1. The van der Waals surface area contributed by atoms with Crippen LogP contribution in [0.5, 0.6) is 0 Å². The number of aliphatic imine (C=N–C) groups is 1. The second kappa shape index (κ2) is 13.0. The standard InChI is InChI=1S/C24H31N5O.HI/c1-3-13-26-23(30)21-10-6-8-19(17-21)18-28-24(25-2)27-14-7-15-29-16-12-20-9-4-5-11-22(20)29;/h4-6,8-12,16-17H,3,7,13-15,18H2,1-2H3,(H,26,30)(H2,25,27,28);1H. The van der Waals surface area contributed by atoms with Crippen molar-refractivity contribution in [2.75, 3.05) is 20.1 Å². The fourth-order valence-electron chi connectivity index (χ4n) is 3.36. The maximum absolute atomic E-state index is 12.1. The number of amides is 1. The van der Waals surface area contributed by atoms with Gasteiger partial charge >= 0.3 is 0 Å². The first-order valence-corrected chi connectivity index (χ1v) is 10.6. The zero-order valence-corrected chi connectivity index (χ0v) is 20.6. The van der Waals surface area contributed by atoms with E-state index in [1.54, 1.807) is 7.05 Å². The largest absolute Gasteiger partial charge is 0.356 e. The third-order valence-corrected chi connectivity index (χ3v) is 4.96. The summed E-state index contributed by atoms with van der Waals surface area (Å²) in [6.07, 6.45) is 4.06. The highest BCUT2D eigenvalue weighted by Gasteiger charge is 2.06. The third-order valence-electron chi connectivity index (χ3n) is 4.96. The van der Waals surface area contributed by atoms with Gasteiger partial charge in [0.1, 0.15) is 0 Å². The van der Waals surface area contributed by atoms with Crippen molar-refractivity contribution in [1.29, 1.82) is 0 Å². The molecule has 0 aliphatic rings. The number of hydrogen-bond donors (Lipinski definition) is 3. The van der Waals surface area contributed by atoms with Crippen LogP contribution >= 0.6 is 24.0 Å². The van der Waals surface area contributed by atoms with Crippen LogP contribution in [-0.4, -0.2) is 36.6 Å². The number of aryl methyl sites for hydroxylation is 1. The van der Waals surface area contributed by atoms with Gasteiger partial charge in [0.2, 0.25) is 0 Å². The molecule has 3 rings (SSSR count). The second-order valence-electron chi connectivity index (χ2n) is 7.23. The molecule has 0 saturated carbocycles. The molecule has 0 atom stereocenters. The second-order valence-corrected chi connectivity index (χ2v) is 7.23. The van der Waals surface area contributed by atoms with Crippen LogP contribution in [0.1, 0.15) is 35.7 Å². The van der Waals surface area contributed by atoms with Crippen molar-refractivity contribution in [3.8, 4) is 0 Å². The van der Waals surface area contributed by atoms with E-state index < -0.39 is 0 Å². The molecule has 7 heteroatoms. The number of carbonyl (C=O) groups is 1. The molecule has 1 amide bonds. The van der Waals surface area contributed by atoms with Crippen molar-refractivity contribution >= 4 is 46.7 Å². The quantitative estimate of drug-likeness (QED) is 0.168. The molecule has 0 aliphatic carbocycles. The minimum atomic E-state index is -0.0289. The van der Waals surface area contributed by atoms with Crippen LogP contribution in [-0.2, 0) is 13.1 Å². The number of para-hydroxylation sites is 1. The molecular weight excluding hydrogens is 501 g/mol. The van der Waals surface area contributed by atoms with E-state index in [0.717, 1.165) is 37.5 Å². The van der Waals surface area contributed by atoms with Crippen molar-refractivity contribution in [2.45, 2.75) is 32.9 Å². The average Bonchev–Trinajstić information content (AvgIpc) is 3.20. The predicted molar refractivity (Wildman–Crippen MR) is 139 cm³/mol. The van der Waals surface area contributed by atoms with Gasteiger partial charge in [-0.3, -0.25) is 9.79 Å². The molecule has 0 unspecified atom stereocenters. The first-order valence-electron chi connectivity index (χ1n) is 10.6. The van der Waals surface area contributed by atoms with Gasteiger partial charge in [-0.15, -0.1) is 24.0 Å². The van der Waals surface area contributed by atoms with Crippen LogP contribution in [0.15, 0.2) is 65.8 Å². The molecule has 1 aromatic heterocycles. The van der Waals surface area contributed by atoms with E-state index in [-0.39, 0.29) is 29.9 Å². The Morgan fingerprint density at radius 2 is 1.84 bits per heavy atom. The molecule has 2 aromatic carbocycles. The number of benzene rings is 2. The highest BCUT2D eigenvalue weighted by Crippen LogP contribution is 2.15. The summed E-state index contributed by atoms with van der Waals surface area (Å²) in [5.74, 6) is 0.729. The maximum atomic E-state index is 12.1. The molecule has 0 aliphatic heterocycles. The Bertz CT molecular complexity index is 998. The number of guanidine groups is 1. The number of hydrogen-bond acceptors (Lipinski definition) is 2. The predicted octanol–water partition coefficient (Wildman–Crippen LogP) is 4.15. The van der Waals surface area contributed by atoms with Gasteiger partial charge in [-0.1, -0.05) is 37.3 Å². The van der Waals surface area contributed by atoms with Crippen LogP contribution in [0, 0.1) is 0 Å². The molecular formula is C24H32IN5O. The summed E-state index contributed by atoms with van der Waals surface area (Å²) in [5.41, 5.74) is 2.99. The van der Waals surface area contributed by atoms with Crippen LogP contribution in [0.2, 0.25) is 0 Å². The van der Waals surface area contributed by atoms with Gasteiger partial charge in [-0.05, 0) is 48.1 Å². The SMILES string of the molecule is CCCNC(=O)c1cccc(CNC(=NC)NCCCn2ccc3ccccc32)c1.I. The van der Waals surface area contributed by atoms with Crippen molar-refractivity contribution in [3.63, 3.8) is 0 Å². The maximum Gasteiger partial charge on any atom is 0.251 e. The number of carbonyl (C=O) groups excluding carboxylic acids is 1. The first kappa shape index (κ1) is 24.7. The summed E-state index contributed by atoms with van der Waals surface area (Å²) in [4.78, 5) is 16.4. The number of nitrogens with one attached hydrogen (secondary N) is 3. The summed E-state index contributed by atoms with van der Waals surface area (Å²) in [6.45, 7) is 5.12. The van der Waals surface area contributed by atoms with Gasteiger partial charge in [0.15, 0.2) is 5.96 Å². The summed E-state index contributed by atoms with van der Waals surface area (Å²) in [6, 6.07) is 18.3. The minimum absolute atomic E-state index is 0. The molecule has 0 saturated heterocycles. The lowest BCUT2D eigenvalue weighted by Crippen LogP contribution is -2.37. The van der Waals surface area contributed by atoms with Gasteiger partial charge in [-0.25, -0.2) is 0 Å². The summed E-state index contributed by atoms with van der Waals surface area (Å²) >= 11 is 0. The molecule has 31 heavy (non-hydrogen) atoms. The fraction of sp³-hybridized carbons (Fsp3) is 0.333. The molecule has 6 nitrogen and oxygen atoms in total. The number of fused-ring (bicyclic) bond motifs is 1. The van der Waals surface area contributed by atoms with E-state index in [1.165, 1.54) is 10.9 Å². The Morgan fingerprint density at radius 3 is 2.65 bits per heavy atom. The van der Waals surface area contributed by atoms with Crippen molar-refractivity contribution in [1.82, 2.24) is 20.5 Å². The highest BCUT2D eigenvalue weighted by molar-refractivity contribution is 14.0. The lowest BCUT2D eigenvalue weighted by Gasteiger charge is -2.13. The Kier molecular flexibility index (Phi) is 10.4. The Hall–Kier alpha value is -2.55. The Morgan fingerprint density at radius 1 is 1.00 bits per heavy atom. The van der Waals surface area contributed by atoms with E-state index in [4.69, 9.17) is 0 Å². The van der Waals surface area contributed by atoms with Gasteiger partial charge in [0.25, 0.3) is 5.91 Å². The molecule has 0 spiro atoms. The lowest BCUT2D eigenvalue weighted by molar-refractivity contribution is 0.0953. The van der Waals surface area contributed by atoms with Crippen molar-refractivity contribution in [2.24, 2.45) is 4.99 Å². The van der Waals surface area contributed by atoms with Gasteiger partial charge in [0.05, 0.1) is 0 Å². The summed E-state index contributed by atoms with van der Waals surface area (Å²) in [5, 5.41) is 10.9. The summed E-state index contributed by atoms with van der Waals surface area (Å²) < 4.78 is 2.28. The smallest absolute Gasteiger partial charge is 0.251 e. The monoisotopic (exact) mass is 533 g/mol. The zero-order chi connectivity index (χ0) is 21.2. The number of aromatic nitrogens is 1. The van der Waals surface area contributed by atoms with Crippen LogP contribution in [0.25, 0.3) is 10.9 Å². The third kappa shape index (κ3) is 7.27. The average molecular weight is 533 g/mol. The first-order chi connectivity index (χ1) is 14.7. The zero-order valence-electron chi connectivity index (χ0n) is 18.2. The molecule has 0 radical (unpaired) electrons. The molecule has 3 aromatic rings. The molecule has 3 N–H and O–H groups in total. The number of rotatable bonds is 9. The van der Waals surface area contributed by atoms with Gasteiger partial charge in [-0.2, -0.15) is 0 Å². The van der Waals surface area contributed by atoms with Crippen LogP contribution in [0.3, 0.4) is 0 Å². The van der Waals surface area contributed by atoms with E-state index in [2.05, 4.69) is 62.0 Å². The molecule has 166 valence electrons. The van der Waals surface area contributed by atoms with E-state index >= 15 is 0 Å². The van der Waals surface area contributed by atoms with Crippen molar-refractivity contribution in [3.05, 3.63) is 71.9 Å². The molecule has 0 fully saturated rings. The van der Waals surface area contributed by atoms with Gasteiger partial charge < -0.3 is 20.5 Å². The van der Waals surface area contributed by atoms with E-state index in [1.807, 2.05) is 31.2 Å². The Labute approximate surface area is 201 Å². The van der Waals surface area contributed by atoms with Crippen molar-refractivity contribution < 1.29 is 4.79 Å². The number of halogens is 1.